The van der Waals surface area contributed by atoms with Crippen molar-refractivity contribution in [2.45, 2.75) is 70.3 Å². The molecule has 0 spiro atoms. The minimum Gasteiger partial charge on any atom is -0.453 e. The van der Waals surface area contributed by atoms with Gasteiger partial charge in [0.15, 0.2) is 0 Å². The van der Waals surface area contributed by atoms with E-state index in [1.807, 2.05) is 50.1 Å². The third-order valence-electron chi connectivity index (χ3n) is 12.2. The highest BCUT2D eigenvalue weighted by molar-refractivity contribution is 5.91. The quantitative estimate of drug-likeness (QED) is 0.0891. The van der Waals surface area contributed by atoms with E-state index in [1.54, 1.807) is 23.2 Å². The third-order valence-corrected chi connectivity index (χ3v) is 12.2. The number of fused-ring (bicyclic) bond motifs is 1. The Kier molecular flexibility index (Phi) is 13.1. The minimum atomic E-state index is -0.947. The summed E-state index contributed by atoms with van der Waals surface area (Å²) in [5.74, 6) is 0.829. The molecule has 2 aliphatic heterocycles. The molecule has 0 bridgehead atoms. The number of nitrogens with one attached hydrogen (secondary N) is 4. The van der Waals surface area contributed by atoms with E-state index >= 15 is 0 Å². The number of alkyl carbamates (subject to hydrolysis) is 2. The third kappa shape index (κ3) is 9.20. The molecule has 8 rings (SSSR count). The molecular weight excluding hydrogens is 813 g/mol. The molecule has 4 amide bonds. The number of ether oxygens (including phenoxy) is 3. The van der Waals surface area contributed by atoms with E-state index in [4.69, 9.17) is 24.2 Å². The molecule has 64 heavy (non-hydrogen) atoms. The summed E-state index contributed by atoms with van der Waals surface area (Å²) in [6.45, 7) is 7.19. The van der Waals surface area contributed by atoms with Crippen molar-refractivity contribution >= 4 is 34.8 Å². The molecule has 5 atom stereocenters. The highest BCUT2D eigenvalue weighted by atomic mass is 16.5. The van der Waals surface area contributed by atoms with Crippen LogP contribution >= 0.6 is 0 Å². The predicted octanol–water partition coefficient (Wildman–Crippen LogP) is 8.11. The molecule has 4 N–H and O–H groups in total. The lowest BCUT2D eigenvalue weighted by atomic mass is 9.98. The molecule has 6 aromatic rings. The van der Waals surface area contributed by atoms with Crippen LogP contribution in [0.3, 0.4) is 0 Å². The van der Waals surface area contributed by atoms with Gasteiger partial charge < -0.3 is 44.6 Å². The number of aromatic amines is 2. The lowest BCUT2D eigenvalue weighted by molar-refractivity contribution is -0.136. The van der Waals surface area contributed by atoms with Gasteiger partial charge in [-0.15, -0.1) is 0 Å². The van der Waals surface area contributed by atoms with Crippen molar-refractivity contribution in [2.24, 2.45) is 5.92 Å². The molecule has 0 aliphatic carbocycles. The van der Waals surface area contributed by atoms with Gasteiger partial charge in [0.05, 0.1) is 56.2 Å². The zero-order chi connectivity index (χ0) is 44.9. The summed E-state index contributed by atoms with van der Waals surface area (Å²) in [5, 5.41) is 7.59. The van der Waals surface area contributed by atoms with Gasteiger partial charge >= 0.3 is 12.2 Å². The topological polar surface area (TPSA) is 184 Å². The van der Waals surface area contributed by atoms with Crippen LogP contribution in [-0.4, -0.2) is 99.8 Å². The van der Waals surface area contributed by atoms with Gasteiger partial charge in [0, 0.05) is 31.7 Å². The number of nitrogens with zero attached hydrogens (tertiary/aromatic N) is 4. The Labute approximate surface area is 371 Å². The number of benzene rings is 4. The second-order valence-corrected chi connectivity index (χ2v) is 16.6. The first-order valence-electron chi connectivity index (χ1n) is 21.8. The second-order valence-electron chi connectivity index (χ2n) is 16.6. The van der Waals surface area contributed by atoms with E-state index in [0.29, 0.717) is 37.5 Å². The van der Waals surface area contributed by atoms with Crippen LogP contribution in [-0.2, 0) is 23.8 Å². The smallest absolute Gasteiger partial charge is 0.407 e. The van der Waals surface area contributed by atoms with Crippen molar-refractivity contribution in [3.63, 3.8) is 0 Å². The van der Waals surface area contributed by atoms with Crippen LogP contribution in [0.2, 0.25) is 0 Å². The van der Waals surface area contributed by atoms with Gasteiger partial charge in [-0.2, -0.15) is 0 Å². The van der Waals surface area contributed by atoms with Gasteiger partial charge in [0.1, 0.15) is 23.7 Å². The monoisotopic (exact) mass is 866 g/mol. The van der Waals surface area contributed by atoms with Crippen LogP contribution in [0.5, 0.6) is 0 Å². The first-order chi connectivity index (χ1) is 31.0. The van der Waals surface area contributed by atoms with Crippen LogP contribution < -0.4 is 10.6 Å². The molecule has 4 heterocycles. The summed E-state index contributed by atoms with van der Waals surface area (Å²) in [7, 11) is 2.56. The van der Waals surface area contributed by atoms with Gasteiger partial charge in [-0.25, -0.2) is 19.6 Å². The molecule has 0 unspecified atom stereocenters. The Balaban J connectivity index is 0.961. The van der Waals surface area contributed by atoms with Gasteiger partial charge in [0.25, 0.3) is 5.91 Å². The van der Waals surface area contributed by atoms with E-state index in [9.17, 15) is 19.2 Å². The van der Waals surface area contributed by atoms with E-state index in [-0.39, 0.29) is 29.9 Å². The summed E-state index contributed by atoms with van der Waals surface area (Å²) in [5.41, 5.74) is 6.38. The molecule has 2 fully saturated rings. The summed E-state index contributed by atoms with van der Waals surface area (Å²) in [6.07, 6.45) is 4.26. The normalized spacial score (nSPS) is 18.2. The van der Waals surface area contributed by atoms with Crippen LogP contribution in [0.1, 0.15) is 75.4 Å². The molecule has 2 aliphatic rings. The fourth-order valence-electron chi connectivity index (χ4n) is 8.87. The Morgan fingerprint density at radius 2 is 1.31 bits per heavy atom. The molecular formula is C49H54N8O7. The van der Waals surface area contributed by atoms with Crippen molar-refractivity contribution in [2.75, 3.05) is 33.9 Å². The number of hydrogen-bond acceptors (Lipinski definition) is 9. The number of aromatic nitrogens is 4. The summed E-state index contributed by atoms with van der Waals surface area (Å²) < 4.78 is 15.6. The Bertz CT molecular complexity index is 2610. The first-order valence-corrected chi connectivity index (χ1v) is 21.8. The summed E-state index contributed by atoms with van der Waals surface area (Å²) in [6, 6.07) is 27.9. The number of carbonyl (C=O) groups is 4. The van der Waals surface area contributed by atoms with Crippen molar-refractivity contribution < 1.29 is 33.4 Å². The molecule has 2 saturated heterocycles. The number of hydrogen-bond donors (Lipinski definition) is 4. The van der Waals surface area contributed by atoms with E-state index < -0.39 is 30.3 Å². The largest absolute Gasteiger partial charge is 0.453 e. The zero-order valence-corrected chi connectivity index (χ0v) is 36.7. The molecule has 332 valence electrons. The van der Waals surface area contributed by atoms with Crippen LogP contribution in [0.4, 0.5) is 9.59 Å². The summed E-state index contributed by atoms with van der Waals surface area (Å²) in [4.78, 5) is 72.2. The van der Waals surface area contributed by atoms with Crippen LogP contribution in [0.15, 0.2) is 103 Å². The first kappa shape index (κ1) is 43.6. The highest BCUT2D eigenvalue weighted by Crippen LogP contribution is 2.37. The Morgan fingerprint density at radius 1 is 0.719 bits per heavy atom. The predicted molar refractivity (Wildman–Crippen MR) is 242 cm³/mol. The molecule has 2 aromatic heterocycles. The molecule has 0 saturated carbocycles. The van der Waals surface area contributed by atoms with Gasteiger partial charge in [-0.05, 0) is 70.8 Å². The fraction of sp³-hybridized carbons (Fsp3) is 0.347. The maximum Gasteiger partial charge on any atom is 0.407 e. The van der Waals surface area contributed by atoms with Crippen molar-refractivity contribution in [1.29, 1.82) is 0 Å². The Hall–Kier alpha value is -7.00. The average Bonchev–Trinajstić information content (AvgIpc) is 4.17. The maximum atomic E-state index is 14.2. The van der Waals surface area contributed by atoms with Crippen molar-refractivity contribution in [1.82, 2.24) is 40.4 Å². The number of H-pyrrole nitrogens is 2. The summed E-state index contributed by atoms with van der Waals surface area (Å²) >= 11 is 0. The number of imidazole rings is 2. The molecule has 15 nitrogen and oxygen atoms in total. The minimum absolute atomic E-state index is 0.112. The van der Waals surface area contributed by atoms with Gasteiger partial charge in [-0.1, -0.05) is 92.7 Å². The van der Waals surface area contributed by atoms with Gasteiger partial charge in [-0.3, -0.25) is 9.59 Å². The number of rotatable bonds is 13. The standard InChI is InChI=1S/C49H54N8O7/c1-6-64-37-25-41(57(28-37)47(59)43(55-49(61)63-5)32-11-8-7-9-12-32)45-51-26-38(52-45)31-16-14-30(15-17-31)33-18-19-35-24-36(21-20-34(35)23-33)39-27-50-44(53-39)40-13-10-22-56(40)46(58)42(29(2)3)54-48(60)62-4/h7-9,11-12,14-21,23-24,26-27,29,37,40-43H,6,10,13,22,25,28H2,1-5H3,(H,50,53)(H,51,52)(H,54,60)(H,55,61)/t37-,40-,41-,42-,43+/m0/s1. The van der Waals surface area contributed by atoms with Crippen molar-refractivity contribution in [3.05, 3.63) is 121 Å². The lowest BCUT2D eigenvalue weighted by Gasteiger charge is -2.30. The fourth-order valence-corrected chi connectivity index (χ4v) is 8.87. The highest BCUT2D eigenvalue weighted by Gasteiger charge is 2.42. The number of likely N-dealkylation sites (tertiary alicyclic amines) is 2. The van der Waals surface area contributed by atoms with E-state index in [0.717, 1.165) is 63.1 Å². The second kappa shape index (κ2) is 19.2. The van der Waals surface area contributed by atoms with Crippen molar-refractivity contribution in [3.8, 4) is 33.6 Å². The molecule has 4 aromatic carbocycles. The SMILES string of the molecule is CCO[C@H]1C[C@@H](c2ncc(-c3ccc(-c4ccc5cc(-c6cnc([C@@H]7CCCN7C(=O)[C@@H](NC(=O)OC)C(C)C)[nH]6)ccc5c4)cc3)[nH]2)N(C(=O)[C@H](NC(=O)OC)c2ccccc2)C1. The van der Waals surface area contributed by atoms with Gasteiger partial charge in [0.2, 0.25) is 5.91 Å². The number of methoxy groups -OCH3 is 2. The Morgan fingerprint density at radius 3 is 1.97 bits per heavy atom. The molecule has 15 heteroatoms. The van der Waals surface area contributed by atoms with Crippen LogP contribution in [0.25, 0.3) is 44.4 Å². The van der Waals surface area contributed by atoms with Crippen LogP contribution in [0, 0.1) is 5.92 Å². The average molecular weight is 867 g/mol. The zero-order valence-electron chi connectivity index (χ0n) is 36.7. The lowest BCUT2D eigenvalue weighted by Crippen LogP contribution is -2.51. The number of amides is 4. The molecule has 0 radical (unpaired) electrons. The number of carbonyl (C=O) groups excluding carboxylic acids is 4. The van der Waals surface area contributed by atoms with E-state index in [1.165, 1.54) is 14.2 Å². The van der Waals surface area contributed by atoms with E-state index in [2.05, 4.69) is 81.3 Å². The maximum absolute atomic E-state index is 14.2.